The van der Waals surface area contributed by atoms with Gasteiger partial charge in [-0.2, -0.15) is 11.8 Å². The molecule has 0 spiro atoms. The van der Waals surface area contributed by atoms with Crippen LogP contribution in [0.4, 0.5) is 5.82 Å². The van der Waals surface area contributed by atoms with E-state index in [1.165, 1.54) is 0 Å². The van der Waals surface area contributed by atoms with Crippen molar-refractivity contribution in [3.8, 4) is 0 Å². The fourth-order valence-corrected chi connectivity index (χ4v) is 3.09. The number of benzene rings is 2. The monoisotopic (exact) mass is 338 g/mol. The van der Waals surface area contributed by atoms with Crippen LogP contribution in [0, 0.1) is 0 Å². The van der Waals surface area contributed by atoms with Gasteiger partial charge in [-0.15, -0.1) is 0 Å². The zero-order valence-corrected chi connectivity index (χ0v) is 13.9. The largest absolute Gasteiger partial charge is 0.396 e. The number of hydrogen-bond acceptors (Lipinski definition) is 4. The summed E-state index contributed by atoms with van der Waals surface area (Å²) >= 11 is 1.64. The number of fused-ring (bicyclic) bond motifs is 1. The Hall–Kier alpha value is -2.37. The Morgan fingerprint density at radius 3 is 2.75 bits per heavy atom. The molecule has 3 rings (SSSR count). The van der Waals surface area contributed by atoms with Crippen LogP contribution >= 0.6 is 11.8 Å². The summed E-state index contributed by atoms with van der Waals surface area (Å²) in [5.74, 6) is 1.84. The summed E-state index contributed by atoms with van der Waals surface area (Å²) in [6.45, 7) is 0.168. The molecule has 0 aliphatic rings. The molecule has 0 radical (unpaired) electrons. The first-order valence-corrected chi connectivity index (χ1v) is 8.85. The number of aliphatic hydroxyl groups excluding tert-OH is 1. The van der Waals surface area contributed by atoms with E-state index in [-0.39, 0.29) is 12.5 Å². The lowest BCUT2D eigenvalue weighted by molar-refractivity contribution is 0.102. The topological polar surface area (TPSA) is 62.2 Å². The van der Waals surface area contributed by atoms with E-state index in [1.807, 2.05) is 54.6 Å². The van der Waals surface area contributed by atoms with Crippen LogP contribution in [0.3, 0.4) is 0 Å². The van der Waals surface area contributed by atoms with Gasteiger partial charge < -0.3 is 10.4 Å². The van der Waals surface area contributed by atoms with Crippen LogP contribution in [0.1, 0.15) is 15.9 Å². The van der Waals surface area contributed by atoms with Gasteiger partial charge in [-0.3, -0.25) is 4.79 Å². The van der Waals surface area contributed by atoms with E-state index in [4.69, 9.17) is 5.11 Å². The number of amides is 1. The molecule has 1 amide bonds. The molecule has 0 bridgehead atoms. The highest BCUT2D eigenvalue weighted by Crippen LogP contribution is 2.18. The summed E-state index contributed by atoms with van der Waals surface area (Å²) in [5, 5.41) is 13.8. The Kier molecular flexibility index (Phi) is 5.46. The van der Waals surface area contributed by atoms with Crippen LogP contribution in [0.5, 0.6) is 0 Å². The van der Waals surface area contributed by atoms with Crippen molar-refractivity contribution < 1.29 is 9.90 Å². The van der Waals surface area contributed by atoms with Crippen molar-refractivity contribution in [3.05, 3.63) is 71.9 Å². The third-order valence-electron chi connectivity index (χ3n) is 3.58. The minimum absolute atomic E-state index is 0.168. The lowest BCUT2D eigenvalue weighted by Crippen LogP contribution is -2.13. The summed E-state index contributed by atoms with van der Waals surface area (Å²) in [5.41, 5.74) is 1.67. The fourth-order valence-electron chi connectivity index (χ4n) is 2.41. The van der Waals surface area contributed by atoms with Gasteiger partial charge in [-0.1, -0.05) is 30.3 Å². The fraction of sp³-hybridized carbons (Fsp3) is 0.158. The van der Waals surface area contributed by atoms with Gasteiger partial charge in [0.2, 0.25) is 0 Å². The first-order chi connectivity index (χ1) is 11.8. The second-order valence-electron chi connectivity index (χ2n) is 5.34. The minimum Gasteiger partial charge on any atom is -0.396 e. The molecule has 1 heterocycles. The van der Waals surface area contributed by atoms with Crippen LogP contribution in [0.2, 0.25) is 0 Å². The average Bonchev–Trinajstić information content (AvgIpc) is 2.62. The standard InChI is InChI=1S/C19H18N2O2S/c22-9-10-24-13-14-7-8-20-18(11-14)21-19(23)17-6-5-15-3-1-2-4-16(15)12-17/h1-8,11-12,22H,9-10,13H2,(H,20,21,23). The van der Waals surface area contributed by atoms with E-state index in [2.05, 4.69) is 10.3 Å². The van der Waals surface area contributed by atoms with Crippen molar-refractivity contribution in [2.24, 2.45) is 0 Å². The third-order valence-corrected chi connectivity index (χ3v) is 4.59. The Balaban J connectivity index is 1.72. The van der Waals surface area contributed by atoms with E-state index in [9.17, 15) is 4.79 Å². The SMILES string of the molecule is O=C(Nc1cc(CSCCO)ccn1)c1ccc2ccccc2c1. The van der Waals surface area contributed by atoms with Gasteiger partial charge in [0.25, 0.3) is 5.91 Å². The number of carbonyl (C=O) groups excluding carboxylic acids is 1. The molecule has 0 aliphatic heterocycles. The van der Waals surface area contributed by atoms with Crippen molar-refractivity contribution in [2.45, 2.75) is 5.75 Å². The molecule has 0 atom stereocenters. The van der Waals surface area contributed by atoms with E-state index >= 15 is 0 Å². The number of nitrogens with zero attached hydrogens (tertiary/aromatic N) is 1. The molecule has 0 aliphatic carbocycles. The zero-order valence-electron chi connectivity index (χ0n) is 13.1. The second kappa shape index (κ2) is 7.95. The first kappa shape index (κ1) is 16.5. The first-order valence-electron chi connectivity index (χ1n) is 7.70. The van der Waals surface area contributed by atoms with Crippen molar-refractivity contribution in [3.63, 3.8) is 0 Å². The Morgan fingerprint density at radius 2 is 1.92 bits per heavy atom. The number of rotatable bonds is 6. The molecule has 0 saturated carbocycles. The van der Waals surface area contributed by atoms with Crippen LogP contribution in [-0.4, -0.2) is 28.4 Å². The molecule has 0 unspecified atom stereocenters. The quantitative estimate of drug-likeness (QED) is 0.673. The van der Waals surface area contributed by atoms with Crippen molar-refractivity contribution in [1.82, 2.24) is 4.98 Å². The lowest BCUT2D eigenvalue weighted by Gasteiger charge is -2.07. The highest BCUT2D eigenvalue weighted by Gasteiger charge is 2.08. The number of aromatic nitrogens is 1. The zero-order chi connectivity index (χ0) is 16.8. The van der Waals surface area contributed by atoms with Gasteiger partial charge in [0.15, 0.2) is 0 Å². The molecule has 5 heteroatoms. The Bertz CT molecular complexity index is 851. The number of carbonyl (C=O) groups is 1. The van der Waals surface area contributed by atoms with Crippen LogP contribution in [0.15, 0.2) is 60.8 Å². The van der Waals surface area contributed by atoms with Gasteiger partial charge in [0.05, 0.1) is 6.61 Å². The van der Waals surface area contributed by atoms with Gasteiger partial charge >= 0.3 is 0 Å². The van der Waals surface area contributed by atoms with Crippen LogP contribution in [0.25, 0.3) is 10.8 Å². The van der Waals surface area contributed by atoms with E-state index in [0.717, 1.165) is 22.1 Å². The average molecular weight is 338 g/mol. The number of pyridine rings is 1. The number of nitrogens with one attached hydrogen (secondary N) is 1. The smallest absolute Gasteiger partial charge is 0.256 e. The van der Waals surface area contributed by atoms with Gasteiger partial charge in [-0.25, -0.2) is 4.98 Å². The Morgan fingerprint density at radius 1 is 1.08 bits per heavy atom. The van der Waals surface area contributed by atoms with Crippen LogP contribution in [-0.2, 0) is 5.75 Å². The molecule has 2 aromatic carbocycles. The van der Waals surface area contributed by atoms with Crippen molar-refractivity contribution in [1.29, 1.82) is 0 Å². The lowest BCUT2D eigenvalue weighted by atomic mass is 10.1. The molecule has 1 aromatic heterocycles. The molecular weight excluding hydrogens is 320 g/mol. The van der Waals surface area contributed by atoms with Crippen molar-refractivity contribution in [2.75, 3.05) is 17.7 Å². The number of thioether (sulfide) groups is 1. The maximum absolute atomic E-state index is 12.4. The minimum atomic E-state index is -0.173. The van der Waals surface area contributed by atoms with E-state index in [1.54, 1.807) is 18.0 Å². The molecular formula is C19H18N2O2S. The normalized spacial score (nSPS) is 10.7. The maximum atomic E-state index is 12.4. The summed E-state index contributed by atoms with van der Waals surface area (Å²) < 4.78 is 0. The summed E-state index contributed by atoms with van der Waals surface area (Å²) in [6.07, 6.45) is 1.69. The molecule has 2 N–H and O–H groups in total. The van der Waals surface area contributed by atoms with Gasteiger partial charge in [-0.05, 0) is 40.6 Å². The summed E-state index contributed by atoms with van der Waals surface area (Å²) in [6, 6.07) is 17.4. The number of anilines is 1. The second-order valence-corrected chi connectivity index (χ2v) is 6.45. The number of hydrogen-bond donors (Lipinski definition) is 2. The van der Waals surface area contributed by atoms with Gasteiger partial charge in [0, 0.05) is 23.3 Å². The maximum Gasteiger partial charge on any atom is 0.256 e. The molecule has 3 aromatic rings. The van der Waals surface area contributed by atoms with Crippen molar-refractivity contribution >= 4 is 34.3 Å². The molecule has 0 saturated heterocycles. The summed E-state index contributed by atoms with van der Waals surface area (Å²) in [7, 11) is 0. The number of aliphatic hydroxyl groups is 1. The molecule has 24 heavy (non-hydrogen) atoms. The summed E-state index contributed by atoms with van der Waals surface area (Å²) in [4.78, 5) is 16.6. The van der Waals surface area contributed by atoms with E-state index < -0.39 is 0 Å². The van der Waals surface area contributed by atoms with Gasteiger partial charge in [0.1, 0.15) is 5.82 Å². The predicted molar refractivity (Wildman–Crippen MR) is 99.4 cm³/mol. The Labute approximate surface area is 144 Å². The molecule has 0 fully saturated rings. The molecule has 122 valence electrons. The highest BCUT2D eigenvalue weighted by atomic mass is 32.2. The predicted octanol–water partition coefficient (Wildman–Crippen LogP) is 3.71. The highest BCUT2D eigenvalue weighted by molar-refractivity contribution is 7.98. The third kappa shape index (κ3) is 4.13. The van der Waals surface area contributed by atoms with E-state index in [0.29, 0.717) is 17.1 Å². The van der Waals surface area contributed by atoms with Crippen LogP contribution < -0.4 is 5.32 Å². The molecule has 4 nitrogen and oxygen atoms in total.